The number of aromatic nitrogens is 1. The maximum atomic E-state index is 8.42. The molecule has 0 saturated carbocycles. The van der Waals surface area contributed by atoms with Gasteiger partial charge in [0.15, 0.2) is 5.75 Å². The number of methoxy groups -OCH3 is 1. The first kappa shape index (κ1) is 7.35. The summed E-state index contributed by atoms with van der Waals surface area (Å²) >= 11 is 0. The van der Waals surface area contributed by atoms with Crippen molar-refractivity contribution in [3.8, 4) is 11.8 Å². The van der Waals surface area contributed by atoms with Crippen LogP contribution in [-0.2, 0) is 0 Å². The number of anilines is 1. The van der Waals surface area contributed by atoms with Gasteiger partial charge in [-0.3, -0.25) is 0 Å². The third-order valence-corrected chi connectivity index (χ3v) is 1.23. The van der Waals surface area contributed by atoms with Crippen molar-refractivity contribution >= 4 is 5.69 Å². The van der Waals surface area contributed by atoms with Crippen molar-refractivity contribution < 1.29 is 4.74 Å². The molecule has 0 aromatic carbocycles. The van der Waals surface area contributed by atoms with Crippen LogP contribution in [0.2, 0.25) is 0 Å². The third kappa shape index (κ3) is 1.38. The monoisotopic (exact) mass is 149 g/mol. The second kappa shape index (κ2) is 2.88. The van der Waals surface area contributed by atoms with Gasteiger partial charge in [-0.15, -0.1) is 0 Å². The van der Waals surface area contributed by atoms with Gasteiger partial charge in [-0.25, -0.2) is 4.98 Å². The van der Waals surface area contributed by atoms with Crippen LogP contribution in [0.5, 0.6) is 5.75 Å². The largest absolute Gasteiger partial charge is 0.493 e. The van der Waals surface area contributed by atoms with E-state index in [4.69, 9.17) is 15.7 Å². The highest BCUT2D eigenvalue weighted by atomic mass is 16.5. The van der Waals surface area contributed by atoms with E-state index in [2.05, 4.69) is 4.98 Å². The van der Waals surface area contributed by atoms with E-state index in [9.17, 15) is 0 Å². The Hall–Kier alpha value is -1.76. The van der Waals surface area contributed by atoms with Gasteiger partial charge in [0.1, 0.15) is 11.8 Å². The molecule has 0 bridgehead atoms. The SMILES string of the molecule is COc1cnc(C#N)cc1N. The van der Waals surface area contributed by atoms with Crippen molar-refractivity contribution in [3.63, 3.8) is 0 Å². The molecule has 1 aromatic rings. The highest BCUT2D eigenvalue weighted by Gasteiger charge is 1.99. The lowest BCUT2D eigenvalue weighted by Gasteiger charge is -2.01. The summed E-state index contributed by atoms with van der Waals surface area (Å²) in [6.07, 6.45) is 1.42. The number of nitrogen functional groups attached to an aromatic ring is 1. The molecule has 0 aliphatic rings. The summed E-state index contributed by atoms with van der Waals surface area (Å²) in [7, 11) is 1.50. The summed E-state index contributed by atoms with van der Waals surface area (Å²) in [5, 5.41) is 8.42. The van der Waals surface area contributed by atoms with Gasteiger partial charge in [-0.2, -0.15) is 5.26 Å². The minimum absolute atomic E-state index is 0.295. The van der Waals surface area contributed by atoms with Crippen LogP contribution < -0.4 is 10.5 Å². The Labute approximate surface area is 64.2 Å². The normalized spacial score (nSPS) is 8.73. The molecule has 1 aromatic heterocycles. The Morgan fingerprint density at radius 3 is 2.91 bits per heavy atom. The van der Waals surface area contributed by atoms with Gasteiger partial charge < -0.3 is 10.5 Å². The molecule has 0 radical (unpaired) electrons. The molecule has 0 amide bonds. The zero-order chi connectivity index (χ0) is 8.27. The molecule has 0 unspecified atom stereocenters. The summed E-state index contributed by atoms with van der Waals surface area (Å²) < 4.78 is 4.85. The third-order valence-electron chi connectivity index (χ3n) is 1.23. The van der Waals surface area contributed by atoms with E-state index in [0.29, 0.717) is 17.1 Å². The fourth-order valence-electron chi connectivity index (χ4n) is 0.690. The molecule has 0 saturated heterocycles. The number of hydrogen-bond acceptors (Lipinski definition) is 4. The molecule has 1 heterocycles. The van der Waals surface area contributed by atoms with Crippen molar-refractivity contribution in [3.05, 3.63) is 18.0 Å². The van der Waals surface area contributed by atoms with Crippen LogP contribution in [0.15, 0.2) is 12.3 Å². The number of ether oxygens (including phenoxy) is 1. The lowest BCUT2D eigenvalue weighted by molar-refractivity contribution is 0.415. The number of pyridine rings is 1. The maximum absolute atomic E-state index is 8.42. The van der Waals surface area contributed by atoms with Crippen LogP contribution in [0.25, 0.3) is 0 Å². The molecule has 0 atom stereocenters. The van der Waals surface area contributed by atoms with Crippen LogP contribution in [0.1, 0.15) is 5.69 Å². The molecule has 0 aliphatic heterocycles. The average molecular weight is 149 g/mol. The van der Waals surface area contributed by atoms with Gasteiger partial charge in [0, 0.05) is 6.07 Å². The topological polar surface area (TPSA) is 71.9 Å². The fraction of sp³-hybridized carbons (Fsp3) is 0.143. The summed E-state index contributed by atoms with van der Waals surface area (Å²) in [4.78, 5) is 3.76. The number of rotatable bonds is 1. The highest BCUT2D eigenvalue weighted by Crippen LogP contribution is 2.18. The smallest absolute Gasteiger partial charge is 0.160 e. The molecule has 2 N–H and O–H groups in total. The first-order valence-corrected chi connectivity index (χ1v) is 2.97. The molecule has 11 heavy (non-hydrogen) atoms. The lowest BCUT2D eigenvalue weighted by atomic mass is 10.3. The molecule has 0 aliphatic carbocycles. The zero-order valence-electron chi connectivity index (χ0n) is 6.03. The number of hydrogen-bond donors (Lipinski definition) is 1. The molecule has 0 spiro atoms. The molecule has 56 valence electrons. The molecule has 4 nitrogen and oxygen atoms in total. The van der Waals surface area contributed by atoms with Crippen LogP contribution in [0.4, 0.5) is 5.69 Å². The van der Waals surface area contributed by atoms with Crippen molar-refractivity contribution in [2.75, 3.05) is 12.8 Å². The van der Waals surface area contributed by atoms with E-state index in [-0.39, 0.29) is 0 Å². The van der Waals surface area contributed by atoms with Crippen LogP contribution in [0, 0.1) is 11.3 Å². The Kier molecular flexibility index (Phi) is 1.93. The van der Waals surface area contributed by atoms with Gasteiger partial charge in [0.2, 0.25) is 0 Å². The van der Waals surface area contributed by atoms with Gasteiger partial charge in [-0.05, 0) is 0 Å². The number of nitrogens with zero attached hydrogens (tertiary/aromatic N) is 2. The average Bonchev–Trinajstić information content (AvgIpc) is 2.04. The Balaban J connectivity index is 3.12. The quantitative estimate of drug-likeness (QED) is 0.632. The van der Waals surface area contributed by atoms with E-state index < -0.39 is 0 Å². The number of nitriles is 1. The van der Waals surface area contributed by atoms with Gasteiger partial charge in [-0.1, -0.05) is 0 Å². The standard InChI is InChI=1S/C7H7N3O/c1-11-7-4-10-5(3-8)2-6(7)9/h2,4H,1H3,(H2,9,10). The molecule has 0 fully saturated rings. The van der Waals surface area contributed by atoms with Gasteiger partial charge in [0.05, 0.1) is 19.0 Å². The summed E-state index contributed by atoms with van der Waals surface area (Å²) in [6, 6.07) is 3.34. The summed E-state index contributed by atoms with van der Waals surface area (Å²) in [5.41, 5.74) is 6.22. The molecular formula is C7H7N3O. The maximum Gasteiger partial charge on any atom is 0.160 e. The fourth-order valence-corrected chi connectivity index (χ4v) is 0.690. The van der Waals surface area contributed by atoms with Crippen LogP contribution in [-0.4, -0.2) is 12.1 Å². The van der Waals surface area contributed by atoms with E-state index in [1.807, 2.05) is 6.07 Å². The summed E-state index contributed by atoms with van der Waals surface area (Å²) in [5.74, 6) is 0.490. The second-order valence-corrected chi connectivity index (χ2v) is 1.92. The van der Waals surface area contributed by atoms with E-state index in [0.717, 1.165) is 0 Å². The first-order chi connectivity index (χ1) is 5.27. The molecule has 1 rings (SSSR count). The Bertz CT molecular complexity index is 303. The zero-order valence-corrected chi connectivity index (χ0v) is 6.03. The van der Waals surface area contributed by atoms with Crippen LogP contribution in [0.3, 0.4) is 0 Å². The van der Waals surface area contributed by atoms with Crippen LogP contribution >= 0.6 is 0 Å². The first-order valence-electron chi connectivity index (χ1n) is 2.97. The number of nitrogens with two attached hydrogens (primary N) is 1. The lowest BCUT2D eigenvalue weighted by Crippen LogP contribution is -1.94. The highest BCUT2D eigenvalue weighted by molar-refractivity contribution is 5.53. The van der Waals surface area contributed by atoms with Crippen molar-refractivity contribution in [2.45, 2.75) is 0 Å². The molecular weight excluding hydrogens is 142 g/mol. The van der Waals surface area contributed by atoms with Gasteiger partial charge in [0.25, 0.3) is 0 Å². The minimum Gasteiger partial charge on any atom is -0.493 e. The Morgan fingerprint density at radius 2 is 2.45 bits per heavy atom. The predicted molar refractivity (Wildman–Crippen MR) is 39.9 cm³/mol. The minimum atomic E-state index is 0.295. The predicted octanol–water partition coefficient (Wildman–Crippen LogP) is 0.544. The van der Waals surface area contributed by atoms with Crippen molar-refractivity contribution in [1.82, 2.24) is 4.98 Å². The van der Waals surface area contributed by atoms with Crippen molar-refractivity contribution in [1.29, 1.82) is 5.26 Å². The van der Waals surface area contributed by atoms with E-state index in [1.54, 1.807) is 0 Å². The van der Waals surface area contributed by atoms with Gasteiger partial charge >= 0.3 is 0 Å². The Morgan fingerprint density at radius 1 is 1.73 bits per heavy atom. The summed E-state index contributed by atoms with van der Waals surface area (Å²) in [6.45, 7) is 0. The second-order valence-electron chi connectivity index (χ2n) is 1.92. The van der Waals surface area contributed by atoms with E-state index in [1.165, 1.54) is 19.4 Å². The van der Waals surface area contributed by atoms with E-state index >= 15 is 0 Å². The molecule has 4 heteroatoms. The van der Waals surface area contributed by atoms with Crippen molar-refractivity contribution in [2.24, 2.45) is 0 Å².